The maximum atomic E-state index is 10.7. The number of rotatable bonds is 4. The Bertz CT molecular complexity index is 161. The number of carbonyl (C=O) groups is 1. The summed E-state index contributed by atoms with van der Waals surface area (Å²) in [5.74, 6) is -0.128. The Morgan fingerprint density at radius 3 is 2.64 bits per heavy atom. The number of hydrogen-bond donors (Lipinski definition) is 2. The van der Waals surface area contributed by atoms with Crippen molar-refractivity contribution < 1.29 is 4.79 Å². The topological polar surface area (TPSA) is 41.1 Å². The molecule has 3 heteroatoms. The first-order valence-corrected chi connectivity index (χ1v) is 3.58. The van der Waals surface area contributed by atoms with E-state index in [0.717, 1.165) is 0 Å². The molecule has 0 saturated heterocycles. The van der Waals surface area contributed by atoms with Crippen LogP contribution in [-0.2, 0) is 4.79 Å². The third kappa shape index (κ3) is 6.80. The molecule has 0 aromatic carbocycles. The molecular weight excluding hydrogens is 140 g/mol. The lowest BCUT2D eigenvalue weighted by Gasteiger charge is -1.99. The molecule has 1 amide bonds. The van der Waals surface area contributed by atoms with Gasteiger partial charge in [0, 0.05) is 6.54 Å². The average Bonchev–Trinajstić information content (AvgIpc) is 1.99. The van der Waals surface area contributed by atoms with Crippen molar-refractivity contribution >= 4 is 5.91 Å². The SMILES string of the molecule is CC=CCNNC(=O)C=CC. The van der Waals surface area contributed by atoms with Crippen molar-refractivity contribution in [1.29, 1.82) is 0 Å². The molecule has 0 saturated carbocycles. The normalized spacial score (nSPS) is 11.1. The first-order valence-electron chi connectivity index (χ1n) is 3.58. The van der Waals surface area contributed by atoms with E-state index < -0.39 is 0 Å². The zero-order valence-corrected chi connectivity index (χ0v) is 6.92. The molecule has 3 nitrogen and oxygen atoms in total. The lowest BCUT2D eigenvalue weighted by molar-refractivity contribution is -0.117. The van der Waals surface area contributed by atoms with Gasteiger partial charge in [-0.3, -0.25) is 10.2 Å². The molecule has 0 aliphatic carbocycles. The number of hydrogen-bond acceptors (Lipinski definition) is 2. The minimum Gasteiger partial charge on any atom is -0.288 e. The van der Waals surface area contributed by atoms with Gasteiger partial charge >= 0.3 is 0 Å². The zero-order chi connectivity index (χ0) is 8.53. The molecular formula is C8H14N2O. The zero-order valence-electron chi connectivity index (χ0n) is 6.92. The highest BCUT2D eigenvalue weighted by Crippen LogP contribution is 1.69. The third-order valence-electron chi connectivity index (χ3n) is 0.985. The first-order chi connectivity index (χ1) is 5.31. The molecule has 0 fully saturated rings. The fraction of sp³-hybridized carbons (Fsp3) is 0.375. The fourth-order valence-electron chi connectivity index (χ4n) is 0.508. The molecule has 0 aromatic heterocycles. The molecule has 0 atom stereocenters. The van der Waals surface area contributed by atoms with E-state index in [1.807, 2.05) is 19.1 Å². The second-order valence-corrected chi connectivity index (χ2v) is 1.94. The van der Waals surface area contributed by atoms with Gasteiger partial charge in [0.2, 0.25) is 0 Å². The van der Waals surface area contributed by atoms with Crippen LogP contribution in [0.2, 0.25) is 0 Å². The summed E-state index contributed by atoms with van der Waals surface area (Å²) in [4.78, 5) is 10.7. The van der Waals surface area contributed by atoms with E-state index in [1.165, 1.54) is 6.08 Å². The van der Waals surface area contributed by atoms with Crippen molar-refractivity contribution in [3.8, 4) is 0 Å². The van der Waals surface area contributed by atoms with Crippen LogP contribution in [-0.4, -0.2) is 12.5 Å². The van der Waals surface area contributed by atoms with Gasteiger partial charge in [-0.15, -0.1) is 0 Å². The van der Waals surface area contributed by atoms with Gasteiger partial charge in [-0.1, -0.05) is 18.2 Å². The largest absolute Gasteiger partial charge is 0.288 e. The highest BCUT2D eigenvalue weighted by atomic mass is 16.2. The minimum absolute atomic E-state index is 0.128. The molecule has 11 heavy (non-hydrogen) atoms. The van der Waals surface area contributed by atoms with E-state index in [-0.39, 0.29) is 5.91 Å². The Morgan fingerprint density at radius 1 is 1.36 bits per heavy atom. The molecule has 62 valence electrons. The van der Waals surface area contributed by atoms with Crippen LogP contribution in [0.5, 0.6) is 0 Å². The number of carbonyl (C=O) groups excluding carboxylic acids is 1. The molecule has 0 spiro atoms. The third-order valence-corrected chi connectivity index (χ3v) is 0.985. The summed E-state index contributed by atoms with van der Waals surface area (Å²) >= 11 is 0. The van der Waals surface area contributed by atoms with Crippen LogP contribution < -0.4 is 10.9 Å². The van der Waals surface area contributed by atoms with Crippen molar-refractivity contribution in [2.45, 2.75) is 13.8 Å². The van der Waals surface area contributed by atoms with Gasteiger partial charge in [0.15, 0.2) is 0 Å². The number of amides is 1. The van der Waals surface area contributed by atoms with Crippen LogP contribution in [0.25, 0.3) is 0 Å². The fourth-order valence-corrected chi connectivity index (χ4v) is 0.508. The standard InChI is InChI=1S/C8H14N2O/c1-3-5-7-9-10-8(11)6-4-2/h3-6,9H,7H2,1-2H3,(H,10,11). The Kier molecular flexibility index (Phi) is 6.33. The summed E-state index contributed by atoms with van der Waals surface area (Å²) in [7, 11) is 0. The summed E-state index contributed by atoms with van der Waals surface area (Å²) in [6.45, 7) is 4.38. The Hall–Kier alpha value is -1.09. The van der Waals surface area contributed by atoms with Gasteiger partial charge in [0.05, 0.1) is 0 Å². The van der Waals surface area contributed by atoms with Crippen molar-refractivity contribution in [2.75, 3.05) is 6.54 Å². The van der Waals surface area contributed by atoms with Gasteiger partial charge in [0.1, 0.15) is 0 Å². The molecule has 0 bridgehead atoms. The van der Waals surface area contributed by atoms with Crippen LogP contribution in [0.1, 0.15) is 13.8 Å². The Morgan fingerprint density at radius 2 is 2.09 bits per heavy atom. The van der Waals surface area contributed by atoms with Gasteiger partial charge in [0.25, 0.3) is 5.91 Å². The lowest BCUT2D eigenvalue weighted by atomic mass is 10.5. The van der Waals surface area contributed by atoms with Crippen LogP contribution in [0.3, 0.4) is 0 Å². The van der Waals surface area contributed by atoms with Gasteiger partial charge in [-0.2, -0.15) is 0 Å². The molecule has 2 N–H and O–H groups in total. The maximum Gasteiger partial charge on any atom is 0.257 e. The first kappa shape index (κ1) is 9.91. The summed E-state index contributed by atoms with van der Waals surface area (Å²) in [5.41, 5.74) is 5.22. The summed E-state index contributed by atoms with van der Waals surface area (Å²) in [6.07, 6.45) is 6.97. The van der Waals surface area contributed by atoms with Crippen molar-refractivity contribution in [2.24, 2.45) is 0 Å². The molecule has 0 aliphatic rings. The number of hydrazine groups is 1. The lowest BCUT2D eigenvalue weighted by Crippen LogP contribution is -2.36. The summed E-state index contributed by atoms with van der Waals surface area (Å²) in [5, 5.41) is 0. The maximum absolute atomic E-state index is 10.7. The van der Waals surface area contributed by atoms with Gasteiger partial charge < -0.3 is 0 Å². The smallest absolute Gasteiger partial charge is 0.257 e. The molecule has 0 aromatic rings. The van der Waals surface area contributed by atoms with Crippen molar-refractivity contribution in [3.05, 3.63) is 24.3 Å². The highest BCUT2D eigenvalue weighted by Gasteiger charge is 1.88. The minimum atomic E-state index is -0.128. The summed E-state index contributed by atoms with van der Waals surface area (Å²) < 4.78 is 0. The van der Waals surface area contributed by atoms with E-state index in [9.17, 15) is 4.79 Å². The van der Waals surface area contributed by atoms with Crippen LogP contribution >= 0.6 is 0 Å². The Labute approximate surface area is 67.1 Å². The van der Waals surface area contributed by atoms with E-state index in [1.54, 1.807) is 13.0 Å². The second kappa shape index (κ2) is 7.02. The predicted molar refractivity (Wildman–Crippen MR) is 45.8 cm³/mol. The van der Waals surface area contributed by atoms with Crippen molar-refractivity contribution in [1.82, 2.24) is 10.9 Å². The molecule has 0 unspecified atom stereocenters. The van der Waals surface area contributed by atoms with Gasteiger partial charge in [-0.25, -0.2) is 5.43 Å². The average molecular weight is 154 g/mol. The molecule has 0 aliphatic heterocycles. The summed E-state index contributed by atoms with van der Waals surface area (Å²) in [6, 6.07) is 0. The monoisotopic (exact) mass is 154 g/mol. The number of allylic oxidation sites excluding steroid dienone is 2. The Balaban J connectivity index is 3.31. The van der Waals surface area contributed by atoms with E-state index in [2.05, 4.69) is 10.9 Å². The van der Waals surface area contributed by atoms with Crippen LogP contribution in [0.4, 0.5) is 0 Å². The van der Waals surface area contributed by atoms with Crippen molar-refractivity contribution in [3.63, 3.8) is 0 Å². The van der Waals surface area contributed by atoms with Gasteiger partial charge in [-0.05, 0) is 19.9 Å². The highest BCUT2D eigenvalue weighted by molar-refractivity contribution is 5.86. The quantitative estimate of drug-likeness (QED) is 0.272. The van der Waals surface area contributed by atoms with Crippen LogP contribution in [0.15, 0.2) is 24.3 Å². The molecule has 0 radical (unpaired) electrons. The predicted octanol–water partition coefficient (Wildman–Crippen LogP) is 0.759. The van der Waals surface area contributed by atoms with Crippen LogP contribution in [0, 0.1) is 0 Å². The number of nitrogens with one attached hydrogen (secondary N) is 2. The van der Waals surface area contributed by atoms with E-state index in [0.29, 0.717) is 6.54 Å². The molecule has 0 heterocycles. The molecule has 0 rings (SSSR count). The second-order valence-electron chi connectivity index (χ2n) is 1.94. The van der Waals surface area contributed by atoms with E-state index in [4.69, 9.17) is 0 Å². The van der Waals surface area contributed by atoms with E-state index >= 15 is 0 Å².